The Hall–Kier alpha value is -1.87. The third-order valence-electron chi connectivity index (χ3n) is 3.77. The lowest BCUT2D eigenvalue weighted by Crippen LogP contribution is -2.17. The van der Waals surface area contributed by atoms with Crippen molar-refractivity contribution in [1.29, 1.82) is 0 Å². The Morgan fingerprint density at radius 1 is 1.19 bits per heavy atom. The van der Waals surface area contributed by atoms with E-state index in [-0.39, 0.29) is 11.9 Å². The molecule has 3 nitrogen and oxygen atoms in total. The summed E-state index contributed by atoms with van der Waals surface area (Å²) in [6.07, 6.45) is 0.405. The summed E-state index contributed by atoms with van der Waals surface area (Å²) in [6, 6.07) is 14.2. The van der Waals surface area contributed by atoms with Crippen LogP contribution < -0.4 is 0 Å². The summed E-state index contributed by atoms with van der Waals surface area (Å²) in [6.45, 7) is 3.97. The van der Waals surface area contributed by atoms with E-state index in [1.165, 1.54) is 0 Å². The summed E-state index contributed by atoms with van der Waals surface area (Å²) < 4.78 is 4.97. The summed E-state index contributed by atoms with van der Waals surface area (Å²) in [5, 5.41) is 12.4. The van der Waals surface area contributed by atoms with Gasteiger partial charge in [0.2, 0.25) is 0 Å². The number of hydrogen-bond donors (Lipinski definition) is 1. The van der Waals surface area contributed by atoms with Crippen LogP contribution in [0.2, 0.25) is 0 Å². The lowest BCUT2D eigenvalue weighted by molar-refractivity contribution is -0.143. The molecule has 21 heavy (non-hydrogen) atoms. The van der Waals surface area contributed by atoms with Crippen LogP contribution in [-0.4, -0.2) is 23.8 Å². The molecule has 0 bridgehead atoms. The second-order valence-corrected chi connectivity index (χ2v) is 5.26. The predicted octanol–water partition coefficient (Wildman–Crippen LogP) is 3.65. The van der Waals surface area contributed by atoms with E-state index < -0.39 is 6.10 Å². The Kier molecular flexibility index (Phi) is 5.34. The number of aliphatic hydroxyl groups is 1. The molecule has 0 heterocycles. The first kappa shape index (κ1) is 15.5. The molecule has 0 aromatic heterocycles. The van der Waals surface area contributed by atoms with E-state index in [2.05, 4.69) is 18.2 Å². The topological polar surface area (TPSA) is 46.5 Å². The molecule has 3 heteroatoms. The summed E-state index contributed by atoms with van der Waals surface area (Å²) in [4.78, 5) is 11.6. The number of benzene rings is 2. The van der Waals surface area contributed by atoms with Crippen molar-refractivity contribution in [1.82, 2.24) is 0 Å². The lowest BCUT2D eigenvalue weighted by Gasteiger charge is -2.21. The van der Waals surface area contributed by atoms with Gasteiger partial charge in [0.25, 0.3) is 0 Å². The standard InChI is InChI=1S/C18H22O3/c1-3-21-18(20)12-11-15(13(2)19)17-10-6-8-14-7-4-5-9-16(14)17/h4-10,13,15,19H,3,11-12H2,1-2H3. The normalized spacial score (nSPS) is 13.9. The first-order valence-corrected chi connectivity index (χ1v) is 7.44. The molecule has 0 fully saturated rings. The summed E-state index contributed by atoms with van der Waals surface area (Å²) in [5.41, 5.74) is 1.09. The van der Waals surface area contributed by atoms with Crippen LogP contribution in [0.1, 0.15) is 38.2 Å². The van der Waals surface area contributed by atoms with Gasteiger partial charge in [-0.25, -0.2) is 0 Å². The van der Waals surface area contributed by atoms with E-state index >= 15 is 0 Å². The van der Waals surface area contributed by atoms with Gasteiger partial charge in [0.05, 0.1) is 12.7 Å². The maximum absolute atomic E-state index is 11.6. The number of ether oxygens (including phenoxy) is 1. The van der Waals surface area contributed by atoms with Crippen LogP contribution in [0, 0.1) is 0 Å². The van der Waals surface area contributed by atoms with Crippen molar-refractivity contribution in [3.63, 3.8) is 0 Å². The zero-order valence-corrected chi connectivity index (χ0v) is 12.6. The number of aliphatic hydroxyl groups excluding tert-OH is 1. The quantitative estimate of drug-likeness (QED) is 0.825. The fourth-order valence-corrected chi connectivity index (χ4v) is 2.74. The highest BCUT2D eigenvalue weighted by Gasteiger charge is 2.20. The highest BCUT2D eigenvalue weighted by Crippen LogP contribution is 2.31. The van der Waals surface area contributed by atoms with E-state index in [1.54, 1.807) is 13.8 Å². The third kappa shape index (κ3) is 3.82. The molecular weight excluding hydrogens is 264 g/mol. The predicted molar refractivity (Wildman–Crippen MR) is 84.2 cm³/mol. The molecule has 0 spiro atoms. The fourth-order valence-electron chi connectivity index (χ4n) is 2.74. The highest BCUT2D eigenvalue weighted by atomic mass is 16.5. The SMILES string of the molecule is CCOC(=O)CCC(c1cccc2ccccc12)C(C)O. The Morgan fingerprint density at radius 3 is 2.62 bits per heavy atom. The molecular formula is C18H22O3. The molecule has 112 valence electrons. The van der Waals surface area contributed by atoms with E-state index in [4.69, 9.17) is 4.74 Å². The second kappa shape index (κ2) is 7.23. The maximum atomic E-state index is 11.6. The van der Waals surface area contributed by atoms with Gasteiger partial charge in [-0.05, 0) is 36.6 Å². The molecule has 2 aromatic carbocycles. The van der Waals surface area contributed by atoms with Crippen LogP contribution in [0.25, 0.3) is 10.8 Å². The van der Waals surface area contributed by atoms with Gasteiger partial charge in [-0.3, -0.25) is 4.79 Å². The second-order valence-electron chi connectivity index (χ2n) is 5.26. The minimum Gasteiger partial charge on any atom is -0.466 e. The molecule has 0 aliphatic rings. The fraction of sp³-hybridized carbons (Fsp3) is 0.389. The smallest absolute Gasteiger partial charge is 0.305 e. The average Bonchev–Trinajstić information content (AvgIpc) is 2.47. The Morgan fingerprint density at radius 2 is 1.90 bits per heavy atom. The number of carbonyl (C=O) groups is 1. The Balaban J connectivity index is 2.26. The van der Waals surface area contributed by atoms with Gasteiger partial charge in [0, 0.05) is 12.3 Å². The van der Waals surface area contributed by atoms with E-state index in [0.717, 1.165) is 16.3 Å². The lowest BCUT2D eigenvalue weighted by atomic mass is 9.86. The van der Waals surface area contributed by atoms with Crippen molar-refractivity contribution < 1.29 is 14.6 Å². The van der Waals surface area contributed by atoms with Crippen LogP contribution in [-0.2, 0) is 9.53 Å². The number of rotatable bonds is 6. The van der Waals surface area contributed by atoms with Crippen molar-refractivity contribution in [2.24, 2.45) is 0 Å². The zero-order chi connectivity index (χ0) is 15.2. The molecule has 0 saturated carbocycles. The number of fused-ring (bicyclic) bond motifs is 1. The molecule has 2 rings (SSSR count). The third-order valence-corrected chi connectivity index (χ3v) is 3.77. The van der Waals surface area contributed by atoms with Gasteiger partial charge < -0.3 is 9.84 Å². The van der Waals surface area contributed by atoms with Crippen molar-refractivity contribution in [2.75, 3.05) is 6.61 Å². The van der Waals surface area contributed by atoms with Crippen LogP contribution >= 0.6 is 0 Å². The van der Waals surface area contributed by atoms with Crippen molar-refractivity contribution >= 4 is 16.7 Å². The van der Waals surface area contributed by atoms with Gasteiger partial charge in [-0.15, -0.1) is 0 Å². The van der Waals surface area contributed by atoms with Gasteiger partial charge >= 0.3 is 5.97 Å². The van der Waals surface area contributed by atoms with Gasteiger partial charge in [-0.1, -0.05) is 42.5 Å². The first-order valence-electron chi connectivity index (χ1n) is 7.44. The average molecular weight is 286 g/mol. The minimum absolute atomic E-state index is 0.0690. The molecule has 0 saturated heterocycles. The molecule has 1 N–H and O–H groups in total. The van der Waals surface area contributed by atoms with E-state index in [1.807, 2.05) is 24.3 Å². The number of carbonyl (C=O) groups excluding carboxylic acids is 1. The molecule has 0 aliphatic carbocycles. The summed E-state index contributed by atoms with van der Waals surface area (Å²) in [7, 11) is 0. The number of esters is 1. The molecule has 0 amide bonds. The van der Waals surface area contributed by atoms with Crippen molar-refractivity contribution in [3.8, 4) is 0 Å². The van der Waals surface area contributed by atoms with Gasteiger partial charge in [-0.2, -0.15) is 0 Å². The summed E-state index contributed by atoms with van der Waals surface area (Å²) in [5.74, 6) is -0.274. The summed E-state index contributed by atoms with van der Waals surface area (Å²) >= 11 is 0. The Labute approximate surface area is 125 Å². The zero-order valence-electron chi connectivity index (χ0n) is 12.6. The van der Waals surface area contributed by atoms with Gasteiger partial charge in [0.1, 0.15) is 0 Å². The van der Waals surface area contributed by atoms with Crippen molar-refractivity contribution in [3.05, 3.63) is 48.0 Å². The maximum Gasteiger partial charge on any atom is 0.305 e. The molecule has 2 aromatic rings. The number of hydrogen-bond acceptors (Lipinski definition) is 3. The van der Waals surface area contributed by atoms with Crippen LogP contribution in [0.5, 0.6) is 0 Å². The highest BCUT2D eigenvalue weighted by molar-refractivity contribution is 5.86. The van der Waals surface area contributed by atoms with E-state index in [9.17, 15) is 9.90 Å². The van der Waals surface area contributed by atoms with Crippen LogP contribution in [0.15, 0.2) is 42.5 Å². The van der Waals surface area contributed by atoms with Crippen molar-refractivity contribution in [2.45, 2.75) is 38.7 Å². The Bertz CT molecular complexity index is 599. The molecule has 2 unspecified atom stereocenters. The van der Waals surface area contributed by atoms with E-state index in [0.29, 0.717) is 19.4 Å². The monoisotopic (exact) mass is 286 g/mol. The van der Waals surface area contributed by atoms with Crippen LogP contribution in [0.4, 0.5) is 0 Å². The largest absolute Gasteiger partial charge is 0.466 e. The molecule has 0 aliphatic heterocycles. The first-order chi connectivity index (χ1) is 10.1. The molecule has 2 atom stereocenters. The van der Waals surface area contributed by atoms with Crippen LogP contribution in [0.3, 0.4) is 0 Å². The molecule has 0 radical (unpaired) electrons. The van der Waals surface area contributed by atoms with Gasteiger partial charge in [0.15, 0.2) is 0 Å². The minimum atomic E-state index is -0.509.